The average Bonchev–Trinajstić information content (AvgIpc) is 3.30. The van der Waals surface area contributed by atoms with Crippen molar-refractivity contribution in [2.75, 3.05) is 117 Å². The van der Waals surface area contributed by atoms with Gasteiger partial charge in [0.15, 0.2) is 0 Å². The van der Waals surface area contributed by atoms with Crippen LogP contribution in [0.25, 0.3) is 32.6 Å². The van der Waals surface area contributed by atoms with Crippen molar-refractivity contribution in [2.45, 2.75) is 25.7 Å². The Morgan fingerprint density at radius 1 is 0.571 bits per heavy atom. The molecule has 3 N–H and O–H groups in total. The third-order valence-electron chi connectivity index (χ3n) is 13.3. The van der Waals surface area contributed by atoms with Crippen LogP contribution < -0.4 is 15.8 Å². The molecule has 0 saturated carbocycles. The van der Waals surface area contributed by atoms with Crippen LogP contribution >= 0.6 is 11.6 Å². The summed E-state index contributed by atoms with van der Waals surface area (Å²) in [7, 11) is 1.67. The van der Waals surface area contributed by atoms with Gasteiger partial charge < -0.3 is 35.4 Å². The van der Waals surface area contributed by atoms with E-state index >= 15 is 0 Å². The number of amides is 4. The average molecular weight is 874 g/mol. The Kier molecular flexibility index (Phi) is 12.9. The Labute approximate surface area is 372 Å². The molecule has 4 amide bonds. The largest absolute Gasteiger partial charge is 0.497 e. The number of anilines is 1. The van der Waals surface area contributed by atoms with Gasteiger partial charge in [-0.05, 0) is 119 Å². The molecule has 0 aliphatic carbocycles. The molecule has 4 aliphatic heterocycles. The van der Waals surface area contributed by atoms with Crippen LogP contribution in [-0.4, -0.2) is 170 Å². The van der Waals surface area contributed by atoms with Crippen molar-refractivity contribution >= 4 is 73.5 Å². The first kappa shape index (κ1) is 43.1. The first-order valence-electron chi connectivity index (χ1n) is 22.4. The zero-order valence-corrected chi connectivity index (χ0v) is 36.8. The fraction of sp³-hybridized carbons (Fsp3) is 0.438. The van der Waals surface area contributed by atoms with E-state index in [2.05, 4.69) is 24.9 Å². The van der Waals surface area contributed by atoms with Gasteiger partial charge in [-0.2, -0.15) is 0 Å². The minimum atomic E-state index is -0.379. The van der Waals surface area contributed by atoms with Crippen molar-refractivity contribution in [3.63, 3.8) is 0 Å². The molecule has 63 heavy (non-hydrogen) atoms. The second-order valence-electron chi connectivity index (χ2n) is 17.1. The molecule has 0 unspecified atom stereocenters. The summed E-state index contributed by atoms with van der Waals surface area (Å²) in [5, 5.41) is 7.22. The van der Waals surface area contributed by atoms with E-state index in [4.69, 9.17) is 27.1 Å². The lowest BCUT2D eigenvalue weighted by Gasteiger charge is -2.36. The predicted molar refractivity (Wildman–Crippen MR) is 247 cm³/mol. The van der Waals surface area contributed by atoms with Crippen LogP contribution in [0.2, 0.25) is 5.02 Å². The second-order valence-corrected chi connectivity index (χ2v) is 17.6. The number of imide groups is 2. The summed E-state index contributed by atoms with van der Waals surface area (Å²) in [6.07, 6.45) is 3.29. The number of piperazine rings is 2. The van der Waals surface area contributed by atoms with Crippen molar-refractivity contribution in [1.82, 2.24) is 34.4 Å². The number of fused-ring (bicyclic) bond motifs is 2. The highest BCUT2D eigenvalue weighted by Gasteiger charge is 2.39. The molecule has 15 heteroatoms. The topological polar surface area (TPSA) is 148 Å². The molecule has 0 atom stereocenters. The molecule has 1 aromatic heterocycles. The summed E-state index contributed by atoms with van der Waals surface area (Å²) < 4.78 is 5.52. The number of rotatable bonds is 17. The number of pyridine rings is 1. The van der Waals surface area contributed by atoms with Gasteiger partial charge >= 0.3 is 0 Å². The van der Waals surface area contributed by atoms with Crippen molar-refractivity contribution in [1.29, 1.82) is 0 Å². The zero-order valence-electron chi connectivity index (χ0n) is 36.0. The lowest BCUT2D eigenvalue weighted by atomic mass is 9.86. The van der Waals surface area contributed by atoms with E-state index in [1.807, 2.05) is 36.4 Å². The minimum Gasteiger partial charge on any atom is -0.497 e. The first-order valence-corrected chi connectivity index (χ1v) is 22.8. The summed E-state index contributed by atoms with van der Waals surface area (Å²) in [6, 6.07) is 18.4. The molecule has 14 nitrogen and oxygen atoms in total. The van der Waals surface area contributed by atoms with Gasteiger partial charge in [-0.1, -0.05) is 11.6 Å². The highest BCUT2D eigenvalue weighted by atomic mass is 35.5. The van der Waals surface area contributed by atoms with Crippen LogP contribution in [0.3, 0.4) is 0 Å². The number of halogens is 1. The zero-order chi connectivity index (χ0) is 43.6. The fourth-order valence-corrected chi connectivity index (χ4v) is 9.97. The normalized spacial score (nSPS) is 17.8. The van der Waals surface area contributed by atoms with E-state index in [1.165, 1.54) is 9.80 Å². The first-order chi connectivity index (χ1) is 30.7. The summed E-state index contributed by atoms with van der Waals surface area (Å²) in [6.45, 7) is 13.3. The molecule has 0 spiro atoms. The summed E-state index contributed by atoms with van der Waals surface area (Å²) in [5.74, 6) is -0.723. The molecule has 330 valence electrons. The molecule has 4 aromatic carbocycles. The van der Waals surface area contributed by atoms with Crippen LogP contribution in [-0.2, 0) is 0 Å². The van der Waals surface area contributed by atoms with Gasteiger partial charge in [0.05, 0.1) is 23.8 Å². The summed E-state index contributed by atoms with van der Waals surface area (Å²) in [5.41, 5.74) is 9.90. The highest BCUT2D eigenvalue weighted by molar-refractivity contribution is 6.33. The Hall–Kier alpha value is -5.22. The number of ether oxygens (including phenoxy) is 1. The highest BCUT2D eigenvalue weighted by Crippen LogP contribution is 2.38. The van der Waals surface area contributed by atoms with Gasteiger partial charge in [0.2, 0.25) is 0 Å². The number of carbonyl (C=O) groups excluding carboxylic acids is 4. The van der Waals surface area contributed by atoms with Crippen LogP contribution in [0.15, 0.2) is 60.7 Å². The van der Waals surface area contributed by atoms with E-state index in [0.717, 1.165) is 131 Å². The molecule has 2 fully saturated rings. The van der Waals surface area contributed by atoms with Crippen molar-refractivity contribution in [2.24, 2.45) is 5.73 Å². The number of nitrogens with two attached hydrogens (primary N) is 1. The molecule has 9 rings (SSSR count). The lowest BCUT2D eigenvalue weighted by Crippen LogP contribution is -2.48. The van der Waals surface area contributed by atoms with Crippen LogP contribution in [0.4, 0.5) is 5.69 Å². The SMILES string of the molecule is COc1ccc2nc3cc(Cl)ccc3c(NCCCN3CCN(CCCN4C(=O)c5ccc6c7c(ccc(c57)C4=O)C(=O)N(CCCN4CCN(CCCN)CC4)C6=O)CC3)c2c1. The van der Waals surface area contributed by atoms with E-state index in [-0.39, 0.29) is 23.6 Å². The molecule has 4 aliphatic rings. The Morgan fingerprint density at radius 3 is 1.52 bits per heavy atom. The van der Waals surface area contributed by atoms with Gasteiger partial charge in [-0.3, -0.25) is 29.0 Å². The number of aromatic nitrogens is 1. The molecular weight excluding hydrogens is 818 g/mol. The molecule has 0 radical (unpaired) electrons. The molecule has 5 aromatic rings. The van der Waals surface area contributed by atoms with E-state index in [9.17, 15) is 19.2 Å². The third kappa shape index (κ3) is 8.72. The van der Waals surface area contributed by atoms with E-state index in [0.29, 0.717) is 70.5 Å². The van der Waals surface area contributed by atoms with E-state index < -0.39 is 0 Å². The Bertz CT molecular complexity index is 2500. The quantitative estimate of drug-likeness (QED) is 0.0714. The second kappa shape index (κ2) is 18.9. The van der Waals surface area contributed by atoms with Crippen LogP contribution in [0, 0.1) is 0 Å². The number of methoxy groups -OCH3 is 1. The van der Waals surface area contributed by atoms with Gasteiger partial charge in [-0.25, -0.2) is 4.98 Å². The van der Waals surface area contributed by atoms with Gasteiger partial charge in [-0.15, -0.1) is 0 Å². The van der Waals surface area contributed by atoms with Crippen molar-refractivity contribution in [3.05, 3.63) is 87.9 Å². The monoisotopic (exact) mass is 873 g/mol. The van der Waals surface area contributed by atoms with Crippen LogP contribution in [0.5, 0.6) is 5.75 Å². The molecule has 5 heterocycles. The van der Waals surface area contributed by atoms with Gasteiger partial charge in [0.25, 0.3) is 23.6 Å². The number of carbonyl (C=O) groups is 4. The molecule has 2 saturated heterocycles. The van der Waals surface area contributed by atoms with Gasteiger partial charge in [0.1, 0.15) is 5.75 Å². The molecule has 0 bridgehead atoms. The van der Waals surface area contributed by atoms with Crippen molar-refractivity contribution < 1.29 is 23.9 Å². The van der Waals surface area contributed by atoms with Crippen molar-refractivity contribution in [3.8, 4) is 5.75 Å². The molecular formula is C48H56ClN9O5. The number of nitrogens with zero attached hydrogens (tertiary/aromatic N) is 7. The number of hydrogen-bond donors (Lipinski definition) is 2. The maximum absolute atomic E-state index is 13.9. The predicted octanol–water partition coefficient (Wildman–Crippen LogP) is 5.26. The Morgan fingerprint density at radius 2 is 1.05 bits per heavy atom. The smallest absolute Gasteiger partial charge is 0.261 e. The lowest BCUT2D eigenvalue weighted by molar-refractivity contribution is 0.0576. The summed E-state index contributed by atoms with van der Waals surface area (Å²) in [4.78, 5) is 72.6. The fourth-order valence-electron chi connectivity index (χ4n) is 9.80. The van der Waals surface area contributed by atoms with E-state index in [1.54, 1.807) is 31.4 Å². The number of benzene rings is 4. The third-order valence-corrected chi connectivity index (χ3v) is 13.5. The number of hydrogen-bond acceptors (Lipinski definition) is 12. The summed E-state index contributed by atoms with van der Waals surface area (Å²) >= 11 is 6.32. The van der Waals surface area contributed by atoms with Gasteiger partial charge in [0, 0.05) is 121 Å². The number of nitrogens with one attached hydrogen (secondary N) is 1. The van der Waals surface area contributed by atoms with Crippen LogP contribution in [0.1, 0.15) is 67.1 Å². The Balaban J connectivity index is 0.751. The maximum atomic E-state index is 13.9. The maximum Gasteiger partial charge on any atom is 0.261 e. The minimum absolute atomic E-state index is 0.291. The standard InChI is InChI=1S/C48H56ClN9O5/c1-63-33-7-13-40-39(31-33)44(34-8-6-32(49)30-41(34)52-40)51-15-3-17-54-24-28-56(29-25-54)19-5-21-58-47(61)37-11-9-35-42-36(10-12-38(43(37)42)48(58)62)46(60)57(45(35)59)20-4-18-55-26-22-53(23-27-55)16-2-14-50/h6-13,30-31H,2-5,14-29,50H2,1H3,(H,51,52).